The second kappa shape index (κ2) is 2.80. The Hall–Kier alpha value is -1.39. The summed E-state index contributed by atoms with van der Waals surface area (Å²) in [6.07, 6.45) is 0.398. The highest BCUT2D eigenvalue weighted by Crippen LogP contribution is 2.42. The minimum atomic E-state index is -1.16. The maximum atomic E-state index is 11.5. The summed E-state index contributed by atoms with van der Waals surface area (Å²) in [5.74, 6) is -0.717. The Kier molecular flexibility index (Phi) is 1.83. The van der Waals surface area contributed by atoms with E-state index in [4.69, 9.17) is 4.84 Å². The molecule has 0 aromatic heterocycles. The number of methoxy groups -OCH3 is 1. The molecule has 1 aliphatic heterocycles. The van der Waals surface area contributed by atoms with Crippen molar-refractivity contribution in [1.82, 2.24) is 0 Å². The van der Waals surface area contributed by atoms with Gasteiger partial charge in [0.2, 0.25) is 5.60 Å². The van der Waals surface area contributed by atoms with Crippen LogP contribution in [0.3, 0.4) is 0 Å². The third-order valence-corrected chi connectivity index (χ3v) is 2.84. The van der Waals surface area contributed by atoms with E-state index in [-0.39, 0.29) is 18.1 Å². The van der Waals surface area contributed by atoms with E-state index in [1.807, 2.05) is 0 Å². The third kappa shape index (κ3) is 0.981. The van der Waals surface area contributed by atoms with Crippen LogP contribution >= 0.6 is 0 Å². The first-order valence-electron chi connectivity index (χ1n) is 4.43. The van der Waals surface area contributed by atoms with E-state index in [1.165, 1.54) is 7.11 Å². The van der Waals surface area contributed by atoms with Gasteiger partial charge < -0.3 is 9.57 Å². The van der Waals surface area contributed by atoms with Crippen LogP contribution in [0.15, 0.2) is 5.16 Å². The Bertz CT molecular complexity index is 336. The van der Waals surface area contributed by atoms with Gasteiger partial charge in [0.05, 0.1) is 25.2 Å². The van der Waals surface area contributed by atoms with Crippen molar-refractivity contribution in [2.24, 2.45) is 11.1 Å². The van der Waals surface area contributed by atoms with Gasteiger partial charge in [-0.15, -0.1) is 0 Å². The number of carbonyl (C=O) groups is 2. The molecule has 1 fully saturated rings. The normalized spacial score (nSPS) is 34.9. The summed E-state index contributed by atoms with van der Waals surface area (Å²) in [6.45, 7) is 1.76. The molecule has 5 heteroatoms. The molecule has 2 unspecified atom stereocenters. The summed E-state index contributed by atoms with van der Waals surface area (Å²) in [4.78, 5) is 27.9. The van der Waals surface area contributed by atoms with E-state index < -0.39 is 11.6 Å². The summed E-state index contributed by atoms with van der Waals surface area (Å²) in [7, 11) is 1.29. The minimum absolute atomic E-state index is 0.0228. The molecule has 1 heterocycles. The van der Waals surface area contributed by atoms with E-state index in [2.05, 4.69) is 9.89 Å². The number of Topliss-reactive ketones (excluding diaryl/α,β-unsaturated/α-hetero) is 1. The van der Waals surface area contributed by atoms with Gasteiger partial charge in [-0.2, -0.15) is 0 Å². The number of ketones is 1. The Morgan fingerprint density at radius 2 is 2.43 bits per heavy atom. The molecule has 0 radical (unpaired) electrons. The zero-order chi connectivity index (χ0) is 10.3. The van der Waals surface area contributed by atoms with Crippen molar-refractivity contribution in [2.45, 2.75) is 25.4 Å². The van der Waals surface area contributed by atoms with Crippen LogP contribution in [0.2, 0.25) is 0 Å². The average Bonchev–Trinajstić information content (AvgIpc) is 2.64. The molecule has 76 valence electrons. The highest BCUT2D eigenvalue weighted by molar-refractivity contribution is 6.03. The molecule has 0 spiro atoms. The highest BCUT2D eigenvalue weighted by Gasteiger charge is 2.60. The number of fused-ring (bicyclic) bond motifs is 1. The third-order valence-electron chi connectivity index (χ3n) is 2.84. The summed E-state index contributed by atoms with van der Waals surface area (Å²) in [6, 6.07) is 0. The molecule has 0 saturated heterocycles. The first-order valence-corrected chi connectivity index (χ1v) is 4.43. The first-order chi connectivity index (χ1) is 6.60. The van der Waals surface area contributed by atoms with Crippen molar-refractivity contribution < 1.29 is 19.2 Å². The number of oxime groups is 1. The standard InChI is InChI=1S/C9H11NO4/c1-5-7-3-6(11)4-9(7,14-10-5)8(12)13-2/h7H,3-4H2,1-2H3. The monoisotopic (exact) mass is 197 g/mol. The lowest BCUT2D eigenvalue weighted by Gasteiger charge is -2.22. The minimum Gasteiger partial charge on any atom is -0.466 e. The lowest BCUT2D eigenvalue weighted by molar-refractivity contribution is -0.169. The van der Waals surface area contributed by atoms with Crippen LogP contribution in [-0.2, 0) is 19.2 Å². The second-order valence-electron chi connectivity index (χ2n) is 3.68. The quantitative estimate of drug-likeness (QED) is 0.566. The van der Waals surface area contributed by atoms with Gasteiger partial charge in [-0.3, -0.25) is 4.79 Å². The molecule has 2 rings (SSSR count). The average molecular weight is 197 g/mol. The van der Waals surface area contributed by atoms with Gasteiger partial charge in [0.25, 0.3) is 0 Å². The fourth-order valence-corrected chi connectivity index (χ4v) is 2.10. The second-order valence-corrected chi connectivity index (χ2v) is 3.68. The summed E-state index contributed by atoms with van der Waals surface area (Å²) in [5.41, 5.74) is -0.461. The van der Waals surface area contributed by atoms with E-state index in [1.54, 1.807) is 6.92 Å². The molecule has 14 heavy (non-hydrogen) atoms. The van der Waals surface area contributed by atoms with Crippen molar-refractivity contribution >= 4 is 17.5 Å². The van der Waals surface area contributed by atoms with Crippen LogP contribution in [0.1, 0.15) is 19.8 Å². The fourth-order valence-electron chi connectivity index (χ4n) is 2.10. The number of carbonyl (C=O) groups excluding carboxylic acids is 2. The van der Waals surface area contributed by atoms with Crippen LogP contribution in [0.5, 0.6) is 0 Å². The topological polar surface area (TPSA) is 65.0 Å². The van der Waals surface area contributed by atoms with Gasteiger partial charge in [-0.25, -0.2) is 4.79 Å². The summed E-state index contributed by atoms with van der Waals surface area (Å²) < 4.78 is 4.65. The van der Waals surface area contributed by atoms with E-state index in [0.29, 0.717) is 12.1 Å². The summed E-state index contributed by atoms with van der Waals surface area (Å²) in [5, 5.41) is 3.76. The zero-order valence-electron chi connectivity index (χ0n) is 8.07. The number of esters is 1. The van der Waals surface area contributed by atoms with Crippen LogP contribution in [0, 0.1) is 5.92 Å². The van der Waals surface area contributed by atoms with Crippen LogP contribution in [-0.4, -0.2) is 30.2 Å². The van der Waals surface area contributed by atoms with E-state index in [0.717, 1.165) is 0 Å². The first kappa shape index (κ1) is 9.18. The van der Waals surface area contributed by atoms with Crippen molar-refractivity contribution in [2.75, 3.05) is 7.11 Å². The van der Waals surface area contributed by atoms with Crippen molar-refractivity contribution in [3.05, 3.63) is 0 Å². The molecule has 0 aromatic rings. The van der Waals surface area contributed by atoms with Gasteiger partial charge in [-0.05, 0) is 6.92 Å². The number of hydrogen-bond donors (Lipinski definition) is 0. The van der Waals surface area contributed by atoms with Crippen LogP contribution in [0.4, 0.5) is 0 Å². The largest absolute Gasteiger partial charge is 0.466 e. The molecule has 1 aliphatic carbocycles. The van der Waals surface area contributed by atoms with Crippen molar-refractivity contribution in [3.8, 4) is 0 Å². The molecule has 1 saturated carbocycles. The predicted octanol–water partition coefficient (Wildman–Crippen LogP) is 0.283. The number of nitrogens with zero attached hydrogens (tertiary/aromatic N) is 1. The molecule has 0 bridgehead atoms. The fraction of sp³-hybridized carbons (Fsp3) is 0.667. The van der Waals surface area contributed by atoms with Gasteiger partial charge in [0.15, 0.2) is 0 Å². The zero-order valence-corrected chi connectivity index (χ0v) is 8.07. The van der Waals surface area contributed by atoms with Gasteiger partial charge >= 0.3 is 5.97 Å². The molecular weight excluding hydrogens is 186 g/mol. The lowest BCUT2D eigenvalue weighted by atomic mass is 9.88. The maximum Gasteiger partial charge on any atom is 0.354 e. The Labute approximate surface area is 81.0 Å². The van der Waals surface area contributed by atoms with Gasteiger partial charge in [0, 0.05) is 6.42 Å². The van der Waals surface area contributed by atoms with Crippen LogP contribution < -0.4 is 0 Å². The SMILES string of the molecule is COC(=O)C12CC(=O)CC1C(C)=NO2. The maximum absolute atomic E-state index is 11.5. The molecular formula is C9H11NO4. The smallest absolute Gasteiger partial charge is 0.354 e. The predicted molar refractivity (Wildman–Crippen MR) is 46.7 cm³/mol. The van der Waals surface area contributed by atoms with E-state index >= 15 is 0 Å². The van der Waals surface area contributed by atoms with Gasteiger partial charge in [-0.1, -0.05) is 5.16 Å². The Morgan fingerprint density at radius 3 is 3.07 bits per heavy atom. The van der Waals surface area contributed by atoms with Crippen LogP contribution in [0.25, 0.3) is 0 Å². The highest BCUT2D eigenvalue weighted by atomic mass is 16.7. The lowest BCUT2D eigenvalue weighted by Crippen LogP contribution is -2.43. The molecule has 5 nitrogen and oxygen atoms in total. The molecule has 0 aromatic carbocycles. The van der Waals surface area contributed by atoms with Crippen molar-refractivity contribution in [3.63, 3.8) is 0 Å². The molecule has 2 atom stereocenters. The molecule has 0 amide bonds. The number of rotatable bonds is 1. The van der Waals surface area contributed by atoms with Gasteiger partial charge in [0.1, 0.15) is 5.78 Å². The summed E-state index contributed by atoms with van der Waals surface area (Å²) >= 11 is 0. The number of ether oxygens (including phenoxy) is 1. The van der Waals surface area contributed by atoms with Crippen molar-refractivity contribution in [1.29, 1.82) is 0 Å². The Balaban J connectivity index is 2.35. The molecule has 2 aliphatic rings. The Morgan fingerprint density at radius 1 is 1.71 bits per heavy atom. The van der Waals surface area contributed by atoms with E-state index in [9.17, 15) is 9.59 Å². The molecule has 0 N–H and O–H groups in total. The number of hydrogen-bond acceptors (Lipinski definition) is 5.